The Balaban J connectivity index is 1.86. The number of anilines is 2. The van der Waals surface area contributed by atoms with Gasteiger partial charge in [0.1, 0.15) is 10.6 Å². The molecule has 2 heterocycles. The molecular weight excluding hydrogens is 260 g/mol. The van der Waals surface area contributed by atoms with E-state index < -0.39 is 0 Å². The summed E-state index contributed by atoms with van der Waals surface area (Å²) in [6.45, 7) is 3.20. The SMILES string of the molecule is CCC1CCCN1c1snc(N)c1C(=O)NC1CC1. The summed E-state index contributed by atoms with van der Waals surface area (Å²) >= 11 is 1.36. The average Bonchev–Trinajstić information content (AvgIpc) is 2.94. The van der Waals surface area contributed by atoms with Gasteiger partial charge in [-0.3, -0.25) is 4.79 Å². The minimum atomic E-state index is -0.0505. The van der Waals surface area contributed by atoms with Gasteiger partial charge in [-0.1, -0.05) is 6.92 Å². The van der Waals surface area contributed by atoms with Crippen molar-refractivity contribution >= 4 is 28.3 Å². The molecule has 2 aliphatic rings. The number of nitrogen functional groups attached to an aromatic ring is 1. The molecule has 1 aromatic rings. The van der Waals surface area contributed by atoms with Crippen LogP contribution < -0.4 is 16.0 Å². The molecule has 1 aromatic heterocycles. The second-order valence-electron chi connectivity index (χ2n) is 5.39. The molecule has 5 nitrogen and oxygen atoms in total. The maximum absolute atomic E-state index is 12.3. The van der Waals surface area contributed by atoms with Gasteiger partial charge < -0.3 is 16.0 Å². The Kier molecular flexibility index (Phi) is 3.35. The Labute approximate surface area is 117 Å². The monoisotopic (exact) mass is 280 g/mol. The molecule has 1 saturated carbocycles. The first-order chi connectivity index (χ1) is 9.20. The molecule has 3 rings (SSSR count). The van der Waals surface area contributed by atoms with Crippen molar-refractivity contribution in [2.45, 2.75) is 51.1 Å². The van der Waals surface area contributed by atoms with Crippen LogP contribution in [0.5, 0.6) is 0 Å². The molecule has 104 valence electrons. The molecule has 0 radical (unpaired) electrons. The first kappa shape index (κ1) is 12.7. The number of rotatable bonds is 4. The van der Waals surface area contributed by atoms with Crippen LogP contribution >= 0.6 is 11.5 Å². The number of nitrogens with two attached hydrogens (primary N) is 1. The van der Waals surface area contributed by atoms with Gasteiger partial charge in [0.15, 0.2) is 5.82 Å². The number of nitrogens with one attached hydrogen (secondary N) is 1. The van der Waals surface area contributed by atoms with Crippen molar-refractivity contribution in [2.24, 2.45) is 0 Å². The first-order valence-corrected chi connectivity index (χ1v) is 7.80. The van der Waals surface area contributed by atoms with Gasteiger partial charge in [-0.15, -0.1) is 0 Å². The zero-order valence-electron chi connectivity index (χ0n) is 11.2. The Bertz CT molecular complexity index is 483. The molecule has 1 atom stereocenters. The van der Waals surface area contributed by atoms with Crippen molar-refractivity contribution in [3.05, 3.63) is 5.56 Å². The van der Waals surface area contributed by atoms with Gasteiger partial charge in [0.2, 0.25) is 0 Å². The van der Waals surface area contributed by atoms with Crippen LogP contribution in [0.4, 0.5) is 10.8 Å². The minimum Gasteiger partial charge on any atom is -0.382 e. The highest BCUT2D eigenvalue weighted by Gasteiger charge is 2.32. The summed E-state index contributed by atoms with van der Waals surface area (Å²) < 4.78 is 4.20. The fourth-order valence-electron chi connectivity index (χ4n) is 2.72. The summed E-state index contributed by atoms with van der Waals surface area (Å²) in [6, 6.07) is 0.868. The lowest BCUT2D eigenvalue weighted by Crippen LogP contribution is -2.32. The largest absolute Gasteiger partial charge is 0.382 e. The predicted molar refractivity (Wildman–Crippen MR) is 77.7 cm³/mol. The third-order valence-electron chi connectivity index (χ3n) is 3.95. The standard InChI is InChI=1S/C13H20N4OS/c1-2-9-4-3-7-17(9)13-10(11(14)16-19-13)12(18)15-8-5-6-8/h8-9H,2-7H2,1H3,(H2,14,16)(H,15,18). The van der Waals surface area contributed by atoms with Crippen LogP contribution in [0.2, 0.25) is 0 Å². The highest BCUT2D eigenvalue weighted by Crippen LogP contribution is 2.36. The van der Waals surface area contributed by atoms with Crippen molar-refractivity contribution in [1.82, 2.24) is 9.69 Å². The van der Waals surface area contributed by atoms with Gasteiger partial charge in [-0.05, 0) is 43.6 Å². The summed E-state index contributed by atoms with van der Waals surface area (Å²) in [5, 5.41) is 3.97. The zero-order chi connectivity index (χ0) is 13.4. The highest BCUT2D eigenvalue weighted by molar-refractivity contribution is 7.11. The number of hydrogen-bond donors (Lipinski definition) is 2. The van der Waals surface area contributed by atoms with Gasteiger partial charge in [-0.2, -0.15) is 4.37 Å². The minimum absolute atomic E-state index is 0.0505. The van der Waals surface area contributed by atoms with Crippen molar-refractivity contribution in [1.29, 1.82) is 0 Å². The molecule has 2 fully saturated rings. The van der Waals surface area contributed by atoms with E-state index in [1.807, 2.05) is 0 Å². The van der Waals surface area contributed by atoms with Crippen LogP contribution in [0, 0.1) is 0 Å². The molecule has 1 amide bonds. The Morgan fingerprint density at radius 1 is 1.53 bits per heavy atom. The molecule has 0 aromatic carbocycles. The molecule has 1 aliphatic carbocycles. The van der Waals surface area contributed by atoms with E-state index in [1.54, 1.807) is 0 Å². The molecule has 1 saturated heterocycles. The van der Waals surface area contributed by atoms with E-state index in [4.69, 9.17) is 5.73 Å². The van der Waals surface area contributed by atoms with Gasteiger partial charge in [0, 0.05) is 18.6 Å². The number of nitrogens with zero attached hydrogens (tertiary/aromatic N) is 2. The van der Waals surface area contributed by atoms with Crippen LogP contribution in [0.1, 0.15) is 49.4 Å². The third-order valence-corrected chi connectivity index (χ3v) is 4.85. The van der Waals surface area contributed by atoms with E-state index in [1.165, 1.54) is 24.4 Å². The lowest BCUT2D eigenvalue weighted by molar-refractivity contribution is 0.0952. The van der Waals surface area contributed by atoms with Crippen LogP contribution in [-0.4, -0.2) is 28.9 Å². The molecule has 19 heavy (non-hydrogen) atoms. The molecule has 1 aliphatic heterocycles. The number of carbonyl (C=O) groups excluding carboxylic acids is 1. The van der Waals surface area contributed by atoms with Gasteiger partial charge in [0.25, 0.3) is 5.91 Å². The summed E-state index contributed by atoms with van der Waals surface area (Å²) in [4.78, 5) is 14.6. The lowest BCUT2D eigenvalue weighted by atomic mass is 10.1. The summed E-state index contributed by atoms with van der Waals surface area (Å²) in [5.41, 5.74) is 6.50. The number of amides is 1. The van der Waals surface area contributed by atoms with Gasteiger partial charge >= 0.3 is 0 Å². The van der Waals surface area contributed by atoms with E-state index >= 15 is 0 Å². The fourth-order valence-corrected chi connectivity index (χ4v) is 3.63. The van der Waals surface area contributed by atoms with Crippen LogP contribution in [0.15, 0.2) is 0 Å². The van der Waals surface area contributed by atoms with Crippen LogP contribution in [0.3, 0.4) is 0 Å². The van der Waals surface area contributed by atoms with E-state index in [0.29, 0.717) is 23.5 Å². The average molecular weight is 280 g/mol. The molecule has 1 unspecified atom stereocenters. The van der Waals surface area contributed by atoms with Crippen molar-refractivity contribution < 1.29 is 4.79 Å². The smallest absolute Gasteiger partial charge is 0.258 e. The van der Waals surface area contributed by atoms with Gasteiger partial charge in [-0.25, -0.2) is 0 Å². The number of hydrogen-bond acceptors (Lipinski definition) is 5. The second kappa shape index (κ2) is 5.00. The number of aromatic nitrogens is 1. The van der Waals surface area contributed by atoms with Crippen LogP contribution in [-0.2, 0) is 0 Å². The Morgan fingerprint density at radius 3 is 3.00 bits per heavy atom. The maximum Gasteiger partial charge on any atom is 0.258 e. The highest BCUT2D eigenvalue weighted by atomic mass is 32.1. The summed E-state index contributed by atoms with van der Waals surface area (Å²) in [5.74, 6) is 0.324. The normalized spacial score (nSPS) is 22.8. The van der Waals surface area contributed by atoms with E-state index in [-0.39, 0.29) is 5.91 Å². The Morgan fingerprint density at radius 2 is 2.32 bits per heavy atom. The zero-order valence-corrected chi connectivity index (χ0v) is 12.0. The molecular formula is C13H20N4OS. The quantitative estimate of drug-likeness (QED) is 0.885. The fraction of sp³-hybridized carbons (Fsp3) is 0.692. The molecule has 3 N–H and O–H groups in total. The topological polar surface area (TPSA) is 71.2 Å². The maximum atomic E-state index is 12.3. The first-order valence-electron chi connectivity index (χ1n) is 7.03. The summed E-state index contributed by atoms with van der Waals surface area (Å²) in [6.07, 6.45) is 5.64. The van der Waals surface area contributed by atoms with E-state index in [9.17, 15) is 4.79 Å². The van der Waals surface area contributed by atoms with Gasteiger partial charge in [0.05, 0.1) is 0 Å². The lowest BCUT2D eigenvalue weighted by Gasteiger charge is -2.24. The number of carbonyl (C=O) groups is 1. The summed E-state index contributed by atoms with van der Waals surface area (Å²) in [7, 11) is 0. The third kappa shape index (κ3) is 2.41. The van der Waals surface area contributed by atoms with E-state index in [2.05, 4.69) is 21.5 Å². The predicted octanol–water partition coefficient (Wildman–Crippen LogP) is 2.00. The second-order valence-corrected chi connectivity index (χ2v) is 6.15. The van der Waals surface area contributed by atoms with Crippen molar-refractivity contribution in [3.63, 3.8) is 0 Å². The molecule has 6 heteroatoms. The molecule has 0 bridgehead atoms. The van der Waals surface area contributed by atoms with Crippen LogP contribution in [0.25, 0.3) is 0 Å². The van der Waals surface area contributed by atoms with Crippen molar-refractivity contribution in [2.75, 3.05) is 17.2 Å². The van der Waals surface area contributed by atoms with E-state index in [0.717, 1.165) is 30.8 Å². The Hall–Kier alpha value is -1.30. The van der Waals surface area contributed by atoms with Crippen molar-refractivity contribution in [3.8, 4) is 0 Å². The molecule has 0 spiro atoms.